The van der Waals surface area contributed by atoms with Crippen LogP contribution in [-0.4, -0.2) is 15.8 Å². The zero-order chi connectivity index (χ0) is 5.98. The van der Waals surface area contributed by atoms with Gasteiger partial charge in [0.25, 0.3) is 6.29 Å². The summed E-state index contributed by atoms with van der Waals surface area (Å²) in [6.07, 6.45) is 4.75. The lowest BCUT2D eigenvalue weighted by Crippen LogP contribution is -1.90. The Morgan fingerprint density at radius 1 is 1.88 bits per heavy atom. The van der Waals surface area contributed by atoms with Gasteiger partial charge in [0.2, 0.25) is 0 Å². The topological polar surface area (TPSA) is 34.9 Å². The minimum atomic E-state index is 0.477. The first-order valence-corrected chi connectivity index (χ1v) is 2.19. The lowest BCUT2D eigenvalue weighted by atomic mass is 10.5. The summed E-state index contributed by atoms with van der Waals surface area (Å²) in [4.78, 5) is 13.6. The SMILES string of the molecule is Cn1cncc1[C]=O. The number of nitrogens with zero attached hydrogens (tertiary/aromatic N) is 2. The van der Waals surface area contributed by atoms with Gasteiger partial charge >= 0.3 is 0 Å². The maximum absolute atomic E-state index is 9.90. The van der Waals surface area contributed by atoms with Gasteiger partial charge in [-0.05, 0) is 0 Å². The summed E-state index contributed by atoms with van der Waals surface area (Å²) in [6.45, 7) is 0. The van der Waals surface area contributed by atoms with Gasteiger partial charge < -0.3 is 4.57 Å². The molecule has 1 rings (SSSR count). The van der Waals surface area contributed by atoms with E-state index in [0.29, 0.717) is 5.69 Å². The first-order chi connectivity index (χ1) is 3.84. The van der Waals surface area contributed by atoms with Gasteiger partial charge in [-0.15, -0.1) is 0 Å². The molecule has 41 valence electrons. The molecule has 0 fully saturated rings. The van der Waals surface area contributed by atoms with E-state index in [1.54, 1.807) is 24.2 Å². The van der Waals surface area contributed by atoms with E-state index < -0.39 is 0 Å². The molecule has 1 aromatic rings. The molecular weight excluding hydrogens is 104 g/mol. The highest BCUT2D eigenvalue weighted by molar-refractivity contribution is 5.71. The standard InChI is InChI=1S/C5H5N2O/c1-7-4-6-2-5(7)3-8/h2,4H,1H3. The van der Waals surface area contributed by atoms with Crippen molar-refractivity contribution in [1.29, 1.82) is 0 Å². The average Bonchev–Trinajstić information content (AvgIpc) is 2.14. The predicted molar refractivity (Wildman–Crippen MR) is 28.0 cm³/mol. The van der Waals surface area contributed by atoms with Crippen LogP contribution in [0, 0.1) is 0 Å². The van der Waals surface area contributed by atoms with Gasteiger partial charge in [0, 0.05) is 7.05 Å². The van der Waals surface area contributed by atoms with Crippen LogP contribution in [-0.2, 0) is 11.8 Å². The van der Waals surface area contributed by atoms with Crippen LogP contribution in [0.5, 0.6) is 0 Å². The fourth-order valence-electron chi connectivity index (χ4n) is 0.456. The van der Waals surface area contributed by atoms with Crippen molar-refractivity contribution in [2.24, 2.45) is 7.05 Å². The molecule has 1 aromatic heterocycles. The Labute approximate surface area is 47.0 Å². The molecule has 0 saturated carbocycles. The first-order valence-electron chi connectivity index (χ1n) is 2.19. The van der Waals surface area contributed by atoms with Crippen LogP contribution in [0.3, 0.4) is 0 Å². The van der Waals surface area contributed by atoms with Crippen LogP contribution >= 0.6 is 0 Å². The third kappa shape index (κ3) is 0.621. The zero-order valence-corrected chi connectivity index (χ0v) is 4.46. The molecule has 0 aliphatic rings. The Balaban J connectivity index is 3.09. The summed E-state index contributed by atoms with van der Waals surface area (Å²) < 4.78 is 1.60. The van der Waals surface area contributed by atoms with E-state index >= 15 is 0 Å². The minimum Gasteiger partial charge on any atom is -0.331 e. The molecule has 0 aromatic carbocycles. The lowest BCUT2D eigenvalue weighted by Gasteiger charge is -1.85. The molecule has 0 atom stereocenters. The van der Waals surface area contributed by atoms with Crippen LogP contribution in [0.25, 0.3) is 0 Å². The summed E-state index contributed by atoms with van der Waals surface area (Å²) in [6, 6.07) is 0. The van der Waals surface area contributed by atoms with E-state index in [1.165, 1.54) is 6.20 Å². The Morgan fingerprint density at radius 3 is 2.88 bits per heavy atom. The number of aromatic nitrogens is 2. The molecule has 0 saturated heterocycles. The molecule has 1 radical (unpaired) electrons. The molecule has 0 N–H and O–H groups in total. The molecule has 8 heavy (non-hydrogen) atoms. The van der Waals surface area contributed by atoms with Crippen LogP contribution in [0.1, 0.15) is 5.69 Å². The normalized spacial score (nSPS) is 9.12. The summed E-state index contributed by atoms with van der Waals surface area (Å²) in [5, 5.41) is 0. The summed E-state index contributed by atoms with van der Waals surface area (Å²) in [5.74, 6) is 0. The third-order valence-corrected chi connectivity index (χ3v) is 0.921. The van der Waals surface area contributed by atoms with Gasteiger partial charge in [-0.2, -0.15) is 0 Å². The molecule has 0 aliphatic heterocycles. The monoisotopic (exact) mass is 109 g/mol. The number of aryl methyl sites for hydroxylation is 1. The molecule has 3 nitrogen and oxygen atoms in total. The van der Waals surface area contributed by atoms with Crippen molar-refractivity contribution >= 4 is 6.29 Å². The highest BCUT2D eigenvalue weighted by Gasteiger charge is 1.92. The van der Waals surface area contributed by atoms with Crippen molar-refractivity contribution < 1.29 is 4.79 Å². The third-order valence-electron chi connectivity index (χ3n) is 0.921. The van der Waals surface area contributed by atoms with Crippen LogP contribution < -0.4 is 0 Å². The largest absolute Gasteiger partial charge is 0.331 e. The fraction of sp³-hybridized carbons (Fsp3) is 0.200. The first kappa shape index (κ1) is 5.03. The van der Waals surface area contributed by atoms with E-state index in [-0.39, 0.29) is 0 Å². The molecule has 0 aliphatic carbocycles. The number of carbonyl (C=O) groups excluding carboxylic acids is 1. The van der Waals surface area contributed by atoms with Crippen molar-refractivity contribution in [1.82, 2.24) is 9.55 Å². The van der Waals surface area contributed by atoms with Crippen molar-refractivity contribution in [3.05, 3.63) is 18.2 Å². The van der Waals surface area contributed by atoms with Crippen molar-refractivity contribution in [2.75, 3.05) is 0 Å². The lowest BCUT2D eigenvalue weighted by molar-refractivity contribution is 0.559. The predicted octanol–water partition coefficient (Wildman–Crippen LogP) is -0.122. The van der Waals surface area contributed by atoms with Crippen LogP contribution in [0.4, 0.5) is 0 Å². The maximum atomic E-state index is 9.90. The molecule has 0 bridgehead atoms. The highest BCUT2D eigenvalue weighted by atomic mass is 16.1. The second-order valence-corrected chi connectivity index (χ2v) is 1.49. The van der Waals surface area contributed by atoms with Crippen LogP contribution in [0.15, 0.2) is 12.5 Å². The quantitative estimate of drug-likeness (QED) is 0.503. The fourth-order valence-corrected chi connectivity index (χ4v) is 0.456. The second kappa shape index (κ2) is 1.78. The maximum Gasteiger partial charge on any atom is 0.253 e. The van der Waals surface area contributed by atoms with Crippen LogP contribution in [0.2, 0.25) is 0 Å². The van der Waals surface area contributed by atoms with Crippen molar-refractivity contribution in [2.45, 2.75) is 0 Å². The van der Waals surface area contributed by atoms with Gasteiger partial charge in [0.05, 0.1) is 12.5 Å². The van der Waals surface area contributed by atoms with E-state index in [2.05, 4.69) is 4.98 Å². The number of imidazole rings is 1. The van der Waals surface area contributed by atoms with E-state index in [9.17, 15) is 4.79 Å². The summed E-state index contributed by atoms with van der Waals surface area (Å²) in [5.41, 5.74) is 0.477. The molecule has 0 unspecified atom stereocenters. The minimum absolute atomic E-state index is 0.477. The molecule has 0 spiro atoms. The Bertz CT molecular complexity index is 192. The van der Waals surface area contributed by atoms with E-state index in [0.717, 1.165) is 0 Å². The second-order valence-electron chi connectivity index (χ2n) is 1.49. The number of rotatable bonds is 1. The average molecular weight is 109 g/mol. The molecule has 0 amide bonds. The smallest absolute Gasteiger partial charge is 0.253 e. The zero-order valence-electron chi connectivity index (χ0n) is 4.46. The van der Waals surface area contributed by atoms with Gasteiger partial charge in [-0.25, -0.2) is 4.98 Å². The van der Waals surface area contributed by atoms with E-state index in [4.69, 9.17) is 0 Å². The van der Waals surface area contributed by atoms with E-state index in [1.807, 2.05) is 0 Å². The number of hydrogen-bond acceptors (Lipinski definition) is 2. The number of hydrogen-bond donors (Lipinski definition) is 0. The van der Waals surface area contributed by atoms with Gasteiger partial charge in [-0.1, -0.05) is 0 Å². The summed E-state index contributed by atoms with van der Waals surface area (Å²) >= 11 is 0. The van der Waals surface area contributed by atoms with Gasteiger partial charge in [0.15, 0.2) is 0 Å². The highest BCUT2D eigenvalue weighted by Crippen LogP contribution is 1.87. The Morgan fingerprint density at radius 2 is 2.62 bits per heavy atom. The van der Waals surface area contributed by atoms with Gasteiger partial charge in [0.1, 0.15) is 5.69 Å². The molecule has 1 heterocycles. The molecular formula is C5H5N2O. The Hall–Kier alpha value is -1.12. The Kier molecular flexibility index (Phi) is 1.12. The van der Waals surface area contributed by atoms with Crippen molar-refractivity contribution in [3.63, 3.8) is 0 Å². The summed E-state index contributed by atoms with van der Waals surface area (Å²) in [7, 11) is 1.74. The van der Waals surface area contributed by atoms with Crippen molar-refractivity contribution in [3.8, 4) is 0 Å². The molecule has 3 heteroatoms. The van der Waals surface area contributed by atoms with Gasteiger partial charge in [-0.3, -0.25) is 4.79 Å².